The number of carbonyl (C=O) groups excluding carboxylic acids is 2. The molecule has 0 aromatic heterocycles. The highest BCUT2D eigenvalue weighted by Crippen LogP contribution is 2.43. The number of benzene rings is 1. The number of carbonyl (C=O) groups is 2. The Balaban J connectivity index is 1.76. The van der Waals surface area contributed by atoms with Gasteiger partial charge in [-0.1, -0.05) is 23.2 Å². The Labute approximate surface area is 164 Å². The van der Waals surface area contributed by atoms with E-state index in [9.17, 15) is 22.8 Å². The Bertz CT molecular complexity index is 751. The summed E-state index contributed by atoms with van der Waals surface area (Å²) in [5.74, 6) is -1.78. The fourth-order valence-electron chi connectivity index (χ4n) is 3.94. The number of halogens is 5. The highest BCUT2D eigenvalue weighted by atomic mass is 35.5. The van der Waals surface area contributed by atoms with Crippen LogP contribution in [0.2, 0.25) is 10.0 Å². The van der Waals surface area contributed by atoms with E-state index < -0.39 is 36.3 Å². The minimum atomic E-state index is -4.39. The molecular weight excluding hydrogens is 406 g/mol. The van der Waals surface area contributed by atoms with E-state index in [2.05, 4.69) is 5.32 Å². The van der Waals surface area contributed by atoms with Gasteiger partial charge >= 0.3 is 6.18 Å². The van der Waals surface area contributed by atoms with Crippen LogP contribution in [0.3, 0.4) is 0 Å². The van der Waals surface area contributed by atoms with E-state index in [4.69, 9.17) is 27.9 Å². The molecule has 1 unspecified atom stereocenters. The van der Waals surface area contributed by atoms with Crippen molar-refractivity contribution in [3.05, 3.63) is 33.3 Å². The van der Waals surface area contributed by atoms with E-state index in [1.807, 2.05) is 0 Å². The van der Waals surface area contributed by atoms with Crippen molar-refractivity contribution in [3.63, 3.8) is 0 Å². The van der Waals surface area contributed by atoms with Crippen molar-refractivity contribution < 1.29 is 27.5 Å². The molecule has 148 valence electrons. The largest absolute Gasteiger partial charge is 0.411 e. The van der Waals surface area contributed by atoms with Gasteiger partial charge in [-0.3, -0.25) is 9.59 Å². The van der Waals surface area contributed by atoms with E-state index in [1.165, 1.54) is 6.07 Å². The Kier molecular flexibility index (Phi) is 5.49. The van der Waals surface area contributed by atoms with Gasteiger partial charge in [-0.05, 0) is 55.9 Å². The number of hydrogen-bond donors (Lipinski definition) is 1. The van der Waals surface area contributed by atoms with Gasteiger partial charge in [0.25, 0.3) is 0 Å². The van der Waals surface area contributed by atoms with Gasteiger partial charge < -0.3 is 10.1 Å². The summed E-state index contributed by atoms with van der Waals surface area (Å²) in [7, 11) is 0. The van der Waals surface area contributed by atoms with E-state index in [0.717, 1.165) is 0 Å². The minimum absolute atomic E-state index is 0.237. The summed E-state index contributed by atoms with van der Waals surface area (Å²) in [5, 5.41) is 3.42. The molecule has 1 N–H and O–H groups in total. The molecule has 1 aliphatic carbocycles. The van der Waals surface area contributed by atoms with Gasteiger partial charge in [0.05, 0.1) is 11.6 Å². The number of hydrogen-bond acceptors (Lipinski definition) is 3. The van der Waals surface area contributed by atoms with Crippen LogP contribution in [-0.2, 0) is 14.3 Å². The van der Waals surface area contributed by atoms with Crippen LogP contribution in [0.5, 0.6) is 0 Å². The van der Waals surface area contributed by atoms with Crippen molar-refractivity contribution in [2.24, 2.45) is 0 Å². The van der Waals surface area contributed by atoms with Gasteiger partial charge in [0.15, 0.2) is 5.78 Å². The van der Waals surface area contributed by atoms with E-state index >= 15 is 0 Å². The molecule has 1 saturated carbocycles. The first-order valence-corrected chi connectivity index (χ1v) is 9.28. The third-order valence-corrected chi connectivity index (χ3v) is 5.75. The maximum Gasteiger partial charge on any atom is 0.411 e. The molecule has 2 aliphatic rings. The summed E-state index contributed by atoms with van der Waals surface area (Å²) in [4.78, 5) is 25.7. The first-order chi connectivity index (χ1) is 12.5. The van der Waals surface area contributed by atoms with Crippen LogP contribution >= 0.6 is 23.2 Å². The molecule has 1 atom stereocenters. The molecule has 1 aromatic rings. The molecule has 1 aliphatic heterocycles. The van der Waals surface area contributed by atoms with Gasteiger partial charge in [-0.2, -0.15) is 13.2 Å². The summed E-state index contributed by atoms with van der Waals surface area (Å²) in [6.45, 7) is 0.410. The standard InChI is InChI=1S/C18H18Cl2F3NO3/c1-9-6-10(19)7-12(20)13(9)14-15(25)17(24-16(14)26)4-2-11(3-5-17)27-8-18(21,22)23/h6-7,11,14H,2-5,8H2,1H3,(H,24,26). The molecule has 1 amide bonds. The van der Waals surface area contributed by atoms with E-state index in [-0.39, 0.29) is 36.5 Å². The summed E-state index contributed by atoms with van der Waals surface area (Å²) in [5.41, 5.74) is -0.00830. The SMILES string of the molecule is Cc1cc(Cl)cc(Cl)c1C1C(=O)NC2(CCC(OCC(F)(F)F)CC2)C1=O. The number of alkyl halides is 3. The highest BCUT2D eigenvalue weighted by molar-refractivity contribution is 6.36. The number of ketones is 1. The number of nitrogens with one attached hydrogen (secondary N) is 1. The Hall–Kier alpha value is -1.31. The second kappa shape index (κ2) is 7.26. The predicted octanol–water partition coefficient (Wildman–Crippen LogP) is 4.34. The summed E-state index contributed by atoms with van der Waals surface area (Å²) in [6.07, 6.45) is -3.96. The lowest BCUT2D eigenvalue weighted by Gasteiger charge is -2.35. The summed E-state index contributed by atoms with van der Waals surface area (Å²) < 4.78 is 41.8. The van der Waals surface area contributed by atoms with Crippen molar-refractivity contribution in [3.8, 4) is 0 Å². The zero-order valence-corrected chi connectivity index (χ0v) is 16.0. The first kappa shape index (κ1) is 20.4. The van der Waals surface area contributed by atoms with Crippen molar-refractivity contribution >= 4 is 34.9 Å². The maximum atomic E-state index is 13.1. The lowest BCUT2D eigenvalue weighted by molar-refractivity contribution is -0.189. The number of Topliss-reactive ketones (excluding diaryl/α,β-unsaturated/α-hetero) is 1. The van der Waals surface area contributed by atoms with Gasteiger partial charge in [0.2, 0.25) is 5.91 Å². The lowest BCUT2D eigenvalue weighted by Crippen LogP contribution is -2.50. The zero-order chi connectivity index (χ0) is 20.0. The van der Waals surface area contributed by atoms with Crippen molar-refractivity contribution in [2.75, 3.05) is 6.61 Å². The molecule has 1 heterocycles. The molecule has 1 spiro atoms. The molecule has 3 rings (SSSR count). The fourth-order valence-corrected chi connectivity index (χ4v) is 4.64. The normalized spacial score (nSPS) is 28.7. The minimum Gasteiger partial charge on any atom is -0.369 e. The topological polar surface area (TPSA) is 55.4 Å². The molecule has 4 nitrogen and oxygen atoms in total. The summed E-state index contributed by atoms with van der Waals surface area (Å²) >= 11 is 12.2. The smallest absolute Gasteiger partial charge is 0.369 e. The molecule has 0 radical (unpaired) electrons. The van der Waals surface area contributed by atoms with E-state index in [0.29, 0.717) is 16.1 Å². The van der Waals surface area contributed by atoms with Crippen LogP contribution < -0.4 is 5.32 Å². The fraction of sp³-hybridized carbons (Fsp3) is 0.556. The third kappa shape index (κ3) is 4.10. The van der Waals surface area contributed by atoms with Gasteiger partial charge in [-0.25, -0.2) is 0 Å². The van der Waals surface area contributed by atoms with Crippen molar-refractivity contribution in [1.29, 1.82) is 0 Å². The van der Waals surface area contributed by atoms with Crippen molar-refractivity contribution in [2.45, 2.75) is 56.3 Å². The zero-order valence-electron chi connectivity index (χ0n) is 14.5. The average molecular weight is 424 g/mol. The van der Waals surface area contributed by atoms with Crippen LogP contribution in [0.15, 0.2) is 12.1 Å². The van der Waals surface area contributed by atoms with Crippen LogP contribution in [0, 0.1) is 6.92 Å². The summed E-state index contributed by atoms with van der Waals surface area (Å²) in [6, 6.07) is 3.12. The van der Waals surface area contributed by atoms with Gasteiger partial charge in [0.1, 0.15) is 12.5 Å². The molecular formula is C18H18Cl2F3NO3. The van der Waals surface area contributed by atoms with Crippen LogP contribution in [0.25, 0.3) is 0 Å². The highest BCUT2D eigenvalue weighted by Gasteiger charge is 2.55. The quantitative estimate of drug-likeness (QED) is 0.735. The van der Waals surface area contributed by atoms with Gasteiger partial charge in [0, 0.05) is 10.0 Å². The Morgan fingerprint density at radius 2 is 1.85 bits per heavy atom. The Morgan fingerprint density at radius 3 is 2.41 bits per heavy atom. The molecule has 1 aromatic carbocycles. The lowest BCUT2D eigenvalue weighted by atomic mass is 9.75. The third-order valence-electron chi connectivity index (χ3n) is 5.22. The van der Waals surface area contributed by atoms with Crippen LogP contribution in [0.4, 0.5) is 13.2 Å². The van der Waals surface area contributed by atoms with Crippen LogP contribution in [-0.4, -0.2) is 36.1 Å². The maximum absolute atomic E-state index is 13.1. The molecule has 1 saturated heterocycles. The van der Waals surface area contributed by atoms with E-state index in [1.54, 1.807) is 13.0 Å². The molecule has 0 bridgehead atoms. The molecule has 2 fully saturated rings. The van der Waals surface area contributed by atoms with Gasteiger partial charge in [-0.15, -0.1) is 0 Å². The number of rotatable bonds is 3. The second-order valence-electron chi connectivity index (χ2n) is 7.11. The van der Waals surface area contributed by atoms with Crippen LogP contribution in [0.1, 0.15) is 42.7 Å². The Morgan fingerprint density at radius 1 is 1.22 bits per heavy atom. The number of ether oxygens (including phenoxy) is 1. The number of amides is 1. The first-order valence-electron chi connectivity index (χ1n) is 8.53. The second-order valence-corrected chi connectivity index (χ2v) is 7.96. The number of aryl methyl sites for hydroxylation is 1. The molecule has 27 heavy (non-hydrogen) atoms. The predicted molar refractivity (Wildman–Crippen MR) is 94.1 cm³/mol. The van der Waals surface area contributed by atoms with Crippen molar-refractivity contribution in [1.82, 2.24) is 5.32 Å². The average Bonchev–Trinajstić information content (AvgIpc) is 2.77. The monoisotopic (exact) mass is 423 g/mol. The molecule has 9 heteroatoms.